The van der Waals surface area contributed by atoms with E-state index < -0.39 is 17.3 Å². The van der Waals surface area contributed by atoms with E-state index in [0.29, 0.717) is 31.0 Å². The Morgan fingerprint density at radius 3 is 2.37 bits per heavy atom. The number of nitrogens with zero attached hydrogens (tertiary/aromatic N) is 5. The maximum Gasteiger partial charge on any atom is 0.332 e. The van der Waals surface area contributed by atoms with Gasteiger partial charge in [-0.15, -0.1) is 0 Å². The molecule has 0 spiro atoms. The summed E-state index contributed by atoms with van der Waals surface area (Å²) in [5.74, 6) is 1.44. The Morgan fingerprint density at radius 2 is 1.71 bits per heavy atom. The van der Waals surface area contributed by atoms with Crippen LogP contribution in [0.2, 0.25) is 0 Å². The van der Waals surface area contributed by atoms with Crippen LogP contribution in [-0.2, 0) is 20.6 Å². The molecule has 1 atom stereocenters. The molecule has 0 aliphatic heterocycles. The standard InChI is InChI=1S/C25H26N6O4/c1-29-23-22(24(32)30(2)25(29)33)27-16-31(23)13-4-14-35-20-9-5-17(6-10-20)21(15-26)28-18-7-11-19(34-3)12-8-18/h5-12,16,21,28H,4,13-14H2,1-3H3. The number of hydrogen-bond donors (Lipinski definition) is 1. The van der Waals surface area contributed by atoms with Crippen LogP contribution in [0.25, 0.3) is 11.2 Å². The molecular weight excluding hydrogens is 448 g/mol. The minimum atomic E-state index is -0.508. The zero-order valence-corrected chi connectivity index (χ0v) is 19.8. The number of nitrogens with one attached hydrogen (secondary N) is 1. The van der Waals surface area contributed by atoms with E-state index in [4.69, 9.17) is 9.47 Å². The Bertz CT molecular complexity index is 1480. The van der Waals surface area contributed by atoms with E-state index in [-0.39, 0.29) is 5.52 Å². The summed E-state index contributed by atoms with van der Waals surface area (Å²) in [6.45, 7) is 0.973. The third kappa shape index (κ3) is 4.89. The summed E-state index contributed by atoms with van der Waals surface area (Å²) in [4.78, 5) is 28.7. The molecule has 4 aromatic rings. The summed E-state index contributed by atoms with van der Waals surface area (Å²) in [6.07, 6.45) is 2.22. The highest BCUT2D eigenvalue weighted by Gasteiger charge is 2.14. The third-order valence-corrected chi connectivity index (χ3v) is 5.76. The van der Waals surface area contributed by atoms with Crippen LogP contribution < -0.4 is 26.0 Å². The fraction of sp³-hybridized carbons (Fsp3) is 0.280. The molecule has 2 heterocycles. The van der Waals surface area contributed by atoms with Crippen molar-refractivity contribution in [3.05, 3.63) is 81.3 Å². The molecule has 0 saturated heterocycles. The summed E-state index contributed by atoms with van der Waals surface area (Å²) in [5, 5.41) is 12.8. The van der Waals surface area contributed by atoms with Crippen LogP contribution in [0.5, 0.6) is 11.5 Å². The summed E-state index contributed by atoms with van der Waals surface area (Å²) < 4.78 is 15.3. The average molecular weight is 475 g/mol. The lowest BCUT2D eigenvalue weighted by atomic mass is 10.1. The summed E-state index contributed by atoms with van der Waals surface area (Å²) >= 11 is 0. The van der Waals surface area contributed by atoms with Gasteiger partial charge in [-0.05, 0) is 48.4 Å². The highest BCUT2D eigenvalue weighted by atomic mass is 16.5. The van der Waals surface area contributed by atoms with Gasteiger partial charge in [0.05, 0.1) is 26.1 Å². The van der Waals surface area contributed by atoms with Crippen LogP contribution >= 0.6 is 0 Å². The van der Waals surface area contributed by atoms with Gasteiger partial charge >= 0.3 is 5.69 Å². The molecule has 10 nitrogen and oxygen atoms in total. The minimum absolute atomic E-state index is 0.265. The number of methoxy groups -OCH3 is 1. The molecule has 2 aromatic carbocycles. The van der Waals surface area contributed by atoms with Crippen molar-refractivity contribution >= 4 is 16.9 Å². The molecule has 0 aliphatic carbocycles. The van der Waals surface area contributed by atoms with E-state index in [2.05, 4.69) is 16.4 Å². The number of imidazole rings is 1. The highest BCUT2D eigenvalue weighted by molar-refractivity contribution is 5.69. The fourth-order valence-corrected chi connectivity index (χ4v) is 3.83. The number of benzene rings is 2. The summed E-state index contributed by atoms with van der Waals surface area (Å²) in [5.41, 5.74) is 1.60. The zero-order valence-electron chi connectivity index (χ0n) is 19.8. The molecule has 4 rings (SSSR count). The van der Waals surface area contributed by atoms with Crippen molar-refractivity contribution in [1.82, 2.24) is 18.7 Å². The number of nitriles is 1. The van der Waals surface area contributed by atoms with E-state index in [1.807, 2.05) is 48.5 Å². The van der Waals surface area contributed by atoms with Gasteiger partial charge in [-0.1, -0.05) is 12.1 Å². The smallest absolute Gasteiger partial charge is 0.332 e. The molecule has 0 bridgehead atoms. The van der Waals surface area contributed by atoms with Crippen LogP contribution in [0.15, 0.2) is 64.4 Å². The molecule has 0 radical (unpaired) electrons. The van der Waals surface area contributed by atoms with Gasteiger partial charge in [0.15, 0.2) is 5.52 Å². The van der Waals surface area contributed by atoms with Gasteiger partial charge in [0.2, 0.25) is 0 Å². The number of aromatic nitrogens is 4. The van der Waals surface area contributed by atoms with Gasteiger partial charge in [0.25, 0.3) is 5.56 Å². The first-order valence-corrected chi connectivity index (χ1v) is 11.1. The maximum atomic E-state index is 12.3. The summed E-state index contributed by atoms with van der Waals surface area (Å²) in [6, 6.07) is 16.5. The Balaban J connectivity index is 1.34. The van der Waals surface area contributed by atoms with Gasteiger partial charge in [0, 0.05) is 26.3 Å². The molecule has 0 fully saturated rings. The first-order chi connectivity index (χ1) is 16.9. The minimum Gasteiger partial charge on any atom is -0.497 e. The van der Waals surface area contributed by atoms with E-state index in [0.717, 1.165) is 21.6 Å². The second kappa shape index (κ2) is 10.2. The molecule has 0 aliphatic rings. The SMILES string of the molecule is COc1ccc(NC(C#N)c2ccc(OCCCn3cnc4c(=O)n(C)c(=O)n(C)c43)cc2)cc1. The number of ether oxygens (including phenoxy) is 2. The average Bonchev–Trinajstić information content (AvgIpc) is 3.32. The van der Waals surface area contributed by atoms with E-state index >= 15 is 0 Å². The normalized spacial score (nSPS) is 11.7. The van der Waals surface area contributed by atoms with Gasteiger partial charge in [0.1, 0.15) is 23.2 Å². The van der Waals surface area contributed by atoms with Crippen LogP contribution in [0.1, 0.15) is 18.0 Å². The lowest BCUT2D eigenvalue weighted by Crippen LogP contribution is -2.37. The molecular formula is C25H26N6O4. The van der Waals surface area contributed by atoms with Gasteiger partial charge < -0.3 is 19.4 Å². The molecule has 0 amide bonds. The first kappa shape index (κ1) is 23.6. The Morgan fingerprint density at radius 1 is 1.03 bits per heavy atom. The van der Waals surface area contributed by atoms with E-state index in [9.17, 15) is 14.9 Å². The van der Waals surface area contributed by atoms with Crippen molar-refractivity contribution in [3.63, 3.8) is 0 Å². The van der Waals surface area contributed by atoms with Gasteiger partial charge in [-0.2, -0.15) is 5.26 Å². The van der Waals surface area contributed by atoms with Crippen molar-refractivity contribution in [2.75, 3.05) is 19.0 Å². The van der Waals surface area contributed by atoms with E-state index in [1.54, 1.807) is 25.1 Å². The topological polar surface area (TPSA) is 116 Å². The number of fused-ring (bicyclic) bond motifs is 1. The second-order valence-corrected chi connectivity index (χ2v) is 8.02. The van der Waals surface area contributed by atoms with Gasteiger partial charge in [-0.25, -0.2) is 9.78 Å². The van der Waals surface area contributed by atoms with Crippen LogP contribution in [0.3, 0.4) is 0 Å². The second-order valence-electron chi connectivity index (χ2n) is 8.02. The first-order valence-electron chi connectivity index (χ1n) is 11.1. The number of aryl methyl sites for hydroxylation is 2. The lowest BCUT2D eigenvalue weighted by molar-refractivity contribution is 0.302. The van der Waals surface area contributed by atoms with Crippen molar-refractivity contribution in [2.24, 2.45) is 14.1 Å². The number of rotatable bonds is 9. The fourth-order valence-electron chi connectivity index (χ4n) is 3.83. The van der Waals surface area contributed by atoms with Gasteiger partial charge in [-0.3, -0.25) is 13.9 Å². The monoisotopic (exact) mass is 474 g/mol. The summed E-state index contributed by atoms with van der Waals surface area (Å²) in [7, 11) is 4.67. The van der Waals surface area contributed by atoms with Crippen molar-refractivity contribution in [2.45, 2.75) is 19.0 Å². The molecule has 2 aromatic heterocycles. The maximum absolute atomic E-state index is 12.3. The Hall–Kier alpha value is -4.52. The molecule has 1 N–H and O–H groups in total. The highest BCUT2D eigenvalue weighted by Crippen LogP contribution is 2.23. The third-order valence-electron chi connectivity index (χ3n) is 5.76. The van der Waals surface area contributed by atoms with E-state index in [1.165, 1.54) is 11.6 Å². The molecule has 35 heavy (non-hydrogen) atoms. The predicted octanol–water partition coefficient (Wildman–Crippen LogP) is 2.59. The predicted molar refractivity (Wildman–Crippen MR) is 132 cm³/mol. The Labute approximate surface area is 201 Å². The van der Waals surface area contributed by atoms with Crippen LogP contribution in [-0.4, -0.2) is 32.4 Å². The largest absolute Gasteiger partial charge is 0.497 e. The Kier molecular flexibility index (Phi) is 6.87. The van der Waals surface area contributed by atoms with Crippen molar-refractivity contribution < 1.29 is 9.47 Å². The van der Waals surface area contributed by atoms with Crippen LogP contribution in [0, 0.1) is 11.3 Å². The van der Waals surface area contributed by atoms with Crippen LogP contribution in [0.4, 0.5) is 5.69 Å². The van der Waals surface area contributed by atoms with Crippen molar-refractivity contribution in [1.29, 1.82) is 5.26 Å². The number of anilines is 1. The molecule has 180 valence electrons. The van der Waals surface area contributed by atoms with Crippen molar-refractivity contribution in [3.8, 4) is 17.6 Å². The number of hydrogen-bond acceptors (Lipinski definition) is 7. The molecule has 0 saturated carbocycles. The zero-order chi connectivity index (χ0) is 24.9. The quantitative estimate of drug-likeness (QED) is 0.371. The molecule has 1 unspecified atom stereocenters. The molecule has 10 heteroatoms. The lowest BCUT2D eigenvalue weighted by Gasteiger charge is -2.14.